The third-order valence-corrected chi connectivity index (χ3v) is 5.75. The summed E-state index contributed by atoms with van der Waals surface area (Å²) in [4.78, 5) is 21.5. The summed E-state index contributed by atoms with van der Waals surface area (Å²) in [5.74, 6) is 0.348. The molecule has 0 atom stereocenters. The van der Waals surface area contributed by atoms with Crippen LogP contribution in [0.25, 0.3) is 0 Å². The maximum absolute atomic E-state index is 12.4. The minimum Gasteiger partial charge on any atom is -0.491 e. The van der Waals surface area contributed by atoms with Crippen LogP contribution in [0.1, 0.15) is 10.4 Å². The number of halogens is 1. The van der Waals surface area contributed by atoms with Crippen LogP contribution in [0.2, 0.25) is 0 Å². The molecular weight excluding hydrogens is 403 g/mol. The molecule has 8 heteroatoms. The highest BCUT2D eigenvalue weighted by Crippen LogP contribution is 2.23. The van der Waals surface area contributed by atoms with E-state index in [-0.39, 0.29) is 12.5 Å². The topological polar surface area (TPSA) is 57.7 Å². The molecule has 1 aliphatic heterocycles. The standard InChI is InChI=1S/C22H23FN4O2S/c23-9-15-29-20-7-1-17(2-8-20)21(28)25-18-3-5-19(6-4-18)26-11-13-27(14-12-26)22-24-10-16-30-22/h1-8,10,16H,9,11-15H2,(H,25,28). The Morgan fingerprint density at radius 1 is 1.03 bits per heavy atom. The average molecular weight is 427 g/mol. The molecule has 0 saturated carbocycles. The van der Waals surface area contributed by atoms with E-state index in [9.17, 15) is 9.18 Å². The molecule has 156 valence electrons. The summed E-state index contributed by atoms with van der Waals surface area (Å²) in [6, 6.07) is 14.6. The van der Waals surface area contributed by atoms with Gasteiger partial charge < -0.3 is 19.9 Å². The smallest absolute Gasteiger partial charge is 0.255 e. The van der Waals surface area contributed by atoms with Crippen molar-refractivity contribution in [2.75, 3.05) is 54.6 Å². The lowest BCUT2D eigenvalue weighted by molar-refractivity contribution is 0.102. The number of amides is 1. The zero-order chi connectivity index (χ0) is 20.8. The molecule has 0 unspecified atom stereocenters. The number of piperazine rings is 1. The van der Waals surface area contributed by atoms with Crippen LogP contribution < -0.4 is 19.9 Å². The lowest BCUT2D eigenvalue weighted by atomic mass is 10.2. The Hall–Kier alpha value is -3.13. The number of aromatic nitrogens is 1. The van der Waals surface area contributed by atoms with Gasteiger partial charge in [-0.1, -0.05) is 0 Å². The Morgan fingerprint density at radius 3 is 2.37 bits per heavy atom. The van der Waals surface area contributed by atoms with Gasteiger partial charge in [-0.2, -0.15) is 0 Å². The number of thiazole rings is 1. The second-order valence-corrected chi connectivity index (χ2v) is 7.72. The van der Waals surface area contributed by atoms with E-state index in [0.717, 1.165) is 42.7 Å². The Morgan fingerprint density at radius 2 is 1.73 bits per heavy atom. The summed E-state index contributed by atoms with van der Waals surface area (Å²) < 4.78 is 17.3. The van der Waals surface area contributed by atoms with Crippen LogP contribution in [-0.4, -0.2) is 50.4 Å². The zero-order valence-corrected chi connectivity index (χ0v) is 17.3. The van der Waals surface area contributed by atoms with Crippen molar-refractivity contribution in [2.45, 2.75) is 0 Å². The summed E-state index contributed by atoms with van der Waals surface area (Å²) >= 11 is 1.67. The number of carbonyl (C=O) groups excluding carboxylic acids is 1. The summed E-state index contributed by atoms with van der Waals surface area (Å²) in [7, 11) is 0. The van der Waals surface area contributed by atoms with Crippen molar-refractivity contribution in [1.29, 1.82) is 0 Å². The molecule has 1 aromatic heterocycles. The number of carbonyl (C=O) groups is 1. The number of rotatable bonds is 7. The fourth-order valence-corrected chi connectivity index (χ4v) is 4.04. The first-order chi connectivity index (χ1) is 14.7. The van der Waals surface area contributed by atoms with Gasteiger partial charge in [0.2, 0.25) is 0 Å². The summed E-state index contributed by atoms with van der Waals surface area (Å²) in [5.41, 5.74) is 2.40. The number of anilines is 3. The van der Waals surface area contributed by atoms with E-state index in [1.54, 1.807) is 35.6 Å². The molecule has 1 aliphatic rings. The third-order valence-electron chi connectivity index (χ3n) is 4.92. The highest BCUT2D eigenvalue weighted by Gasteiger charge is 2.19. The number of alkyl halides is 1. The Labute approximate surface area is 178 Å². The first kappa shape index (κ1) is 20.2. The van der Waals surface area contributed by atoms with E-state index in [0.29, 0.717) is 11.3 Å². The first-order valence-electron chi connectivity index (χ1n) is 9.82. The quantitative estimate of drug-likeness (QED) is 0.617. The first-order valence-corrected chi connectivity index (χ1v) is 10.7. The van der Waals surface area contributed by atoms with Crippen LogP contribution in [0.3, 0.4) is 0 Å². The van der Waals surface area contributed by atoms with Gasteiger partial charge in [0.25, 0.3) is 5.91 Å². The van der Waals surface area contributed by atoms with Gasteiger partial charge in [0.05, 0.1) is 0 Å². The number of hydrogen-bond acceptors (Lipinski definition) is 6. The van der Waals surface area contributed by atoms with Crippen molar-refractivity contribution in [3.63, 3.8) is 0 Å². The van der Waals surface area contributed by atoms with E-state index < -0.39 is 6.67 Å². The zero-order valence-electron chi connectivity index (χ0n) is 16.5. The number of ether oxygens (including phenoxy) is 1. The molecule has 6 nitrogen and oxygen atoms in total. The Balaban J connectivity index is 1.31. The maximum atomic E-state index is 12.4. The molecular formula is C22H23FN4O2S. The van der Waals surface area contributed by atoms with Crippen LogP contribution >= 0.6 is 11.3 Å². The van der Waals surface area contributed by atoms with E-state index in [1.807, 2.05) is 35.8 Å². The van der Waals surface area contributed by atoms with Gasteiger partial charge in [-0.25, -0.2) is 9.37 Å². The van der Waals surface area contributed by atoms with E-state index in [1.165, 1.54) is 0 Å². The number of hydrogen-bond donors (Lipinski definition) is 1. The van der Waals surface area contributed by atoms with E-state index >= 15 is 0 Å². The molecule has 4 rings (SSSR count). The molecule has 2 heterocycles. The maximum Gasteiger partial charge on any atom is 0.255 e. The van der Waals surface area contributed by atoms with Crippen molar-refractivity contribution in [3.05, 3.63) is 65.7 Å². The average Bonchev–Trinajstić information content (AvgIpc) is 3.34. The molecule has 0 spiro atoms. The highest BCUT2D eigenvalue weighted by molar-refractivity contribution is 7.13. The van der Waals surface area contributed by atoms with Gasteiger partial charge in [-0.05, 0) is 48.5 Å². The van der Waals surface area contributed by atoms with Crippen molar-refractivity contribution in [1.82, 2.24) is 4.98 Å². The fraction of sp³-hybridized carbons (Fsp3) is 0.273. The van der Waals surface area contributed by atoms with Gasteiger partial charge >= 0.3 is 0 Å². The van der Waals surface area contributed by atoms with Crippen molar-refractivity contribution >= 4 is 33.8 Å². The summed E-state index contributed by atoms with van der Waals surface area (Å²) in [6.07, 6.45) is 1.84. The largest absolute Gasteiger partial charge is 0.491 e. The number of benzene rings is 2. The SMILES string of the molecule is O=C(Nc1ccc(N2CCN(c3nccs3)CC2)cc1)c1ccc(OCCF)cc1. The highest BCUT2D eigenvalue weighted by atomic mass is 32.1. The molecule has 3 aromatic rings. The molecule has 2 aromatic carbocycles. The predicted molar refractivity (Wildman–Crippen MR) is 119 cm³/mol. The summed E-state index contributed by atoms with van der Waals surface area (Å²) in [5, 5.41) is 5.99. The van der Waals surface area contributed by atoms with Gasteiger partial charge in [0, 0.05) is 54.7 Å². The lowest BCUT2D eigenvalue weighted by Gasteiger charge is -2.36. The van der Waals surface area contributed by atoms with E-state index in [2.05, 4.69) is 20.1 Å². The number of nitrogens with zero attached hydrogens (tertiary/aromatic N) is 3. The lowest BCUT2D eigenvalue weighted by Crippen LogP contribution is -2.46. The van der Waals surface area contributed by atoms with Gasteiger partial charge in [0.15, 0.2) is 5.13 Å². The van der Waals surface area contributed by atoms with Gasteiger partial charge in [-0.3, -0.25) is 4.79 Å². The monoisotopic (exact) mass is 426 g/mol. The van der Waals surface area contributed by atoms with Crippen LogP contribution in [-0.2, 0) is 0 Å². The van der Waals surface area contributed by atoms with Crippen LogP contribution in [0, 0.1) is 0 Å². The third kappa shape index (κ3) is 4.88. The van der Waals surface area contributed by atoms with Crippen LogP contribution in [0.15, 0.2) is 60.1 Å². The van der Waals surface area contributed by atoms with E-state index in [4.69, 9.17) is 4.74 Å². The second kappa shape index (κ2) is 9.58. The minimum atomic E-state index is -0.542. The van der Waals surface area contributed by atoms with Crippen molar-refractivity contribution in [2.24, 2.45) is 0 Å². The Kier molecular flexibility index (Phi) is 6.44. The molecule has 0 radical (unpaired) electrons. The molecule has 1 N–H and O–H groups in total. The number of nitrogens with one attached hydrogen (secondary N) is 1. The van der Waals surface area contributed by atoms with Crippen LogP contribution in [0.5, 0.6) is 5.75 Å². The fourth-order valence-electron chi connectivity index (χ4n) is 3.35. The second-order valence-electron chi connectivity index (χ2n) is 6.85. The normalized spacial score (nSPS) is 13.9. The molecule has 0 bridgehead atoms. The molecule has 1 saturated heterocycles. The van der Waals surface area contributed by atoms with Gasteiger partial charge in [0.1, 0.15) is 19.0 Å². The molecule has 1 fully saturated rings. The van der Waals surface area contributed by atoms with Crippen LogP contribution in [0.4, 0.5) is 20.9 Å². The molecule has 30 heavy (non-hydrogen) atoms. The Bertz CT molecular complexity index is 940. The summed E-state index contributed by atoms with van der Waals surface area (Å²) in [6.45, 7) is 3.22. The molecule has 0 aliphatic carbocycles. The molecule has 1 amide bonds. The predicted octanol–water partition coefficient (Wildman–Crippen LogP) is 4.07. The van der Waals surface area contributed by atoms with Crippen molar-refractivity contribution < 1.29 is 13.9 Å². The van der Waals surface area contributed by atoms with Gasteiger partial charge in [-0.15, -0.1) is 11.3 Å². The van der Waals surface area contributed by atoms with Crippen molar-refractivity contribution in [3.8, 4) is 5.75 Å². The minimum absolute atomic E-state index is 0.0118.